The Labute approximate surface area is 114 Å². The summed E-state index contributed by atoms with van der Waals surface area (Å²) in [7, 11) is 0. The number of hydrogen-bond donors (Lipinski definition) is 1. The van der Waals surface area contributed by atoms with Gasteiger partial charge in [0.25, 0.3) is 0 Å². The first-order valence-electron chi connectivity index (χ1n) is 7.41. The van der Waals surface area contributed by atoms with E-state index in [4.69, 9.17) is 14.6 Å². The monoisotopic (exact) mass is 271 g/mol. The number of hydrogen-bond acceptors (Lipinski definition) is 4. The molecule has 2 aliphatic rings. The van der Waals surface area contributed by atoms with Crippen LogP contribution >= 0.6 is 0 Å². The molecule has 0 spiro atoms. The van der Waals surface area contributed by atoms with Crippen molar-refractivity contribution in [3.63, 3.8) is 0 Å². The standard InChI is InChI=1S/C14H25NO4/c16-7-1-6-14(17)15(10-12-4-2-8-18-12)11-13-5-3-9-19-13/h12-13,16H,1-11H2. The quantitative estimate of drug-likeness (QED) is 0.749. The van der Waals surface area contributed by atoms with Crippen molar-refractivity contribution < 1.29 is 19.4 Å². The molecule has 2 saturated heterocycles. The molecule has 0 aliphatic carbocycles. The molecule has 2 fully saturated rings. The lowest BCUT2D eigenvalue weighted by Crippen LogP contribution is -2.41. The van der Waals surface area contributed by atoms with E-state index in [1.807, 2.05) is 4.90 Å². The van der Waals surface area contributed by atoms with Crippen molar-refractivity contribution in [3.8, 4) is 0 Å². The number of rotatable bonds is 7. The SMILES string of the molecule is O=C(CCCO)N(CC1CCCO1)CC1CCCO1. The van der Waals surface area contributed by atoms with Gasteiger partial charge in [0.15, 0.2) is 0 Å². The molecule has 2 atom stereocenters. The van der Waals surface area contributed by atoms with Crippen molar-refractivity contribution in [3.05, 3.63) is 0 Å². The third-order valence-corrected chi connectivity index (χ3v) is 3.80. The van der Waals surface area contributed by atoms with E-state index in [2.05, 4.69) is 0 Å². The number of aliphatic hydroxyl groups is 1. The van der Waals surface area contributed by atoms with Crippen LogP contribution in [0.2, 0.25) is 0 Å². The van der Waals surface area contributed by atoms with Gasteiger partial charge in [-0.25, -0.2) is 0 Å². The number of carbonyl (C=O) groups excluding carboxylic acids is 1. The predicted molar refractivity (Wildman–Crippen MR) is 70.8 cm³/mol. The molecule has 110 valence electrons. The van der Waals surface area contributed by atoms with Gasteiger partial charge in [0.2, 0.25) is 5.91 Å². The zero-order chi connectivity index (χ0) is 13.5. The maximum Gasteiger partial charge on any atom is 0.222 e. The lowest BCUT2D eigenvalue weighted by Gasteiger charge is -2.27. The fourth-order valence-electron chi connectivity index (χ4n) is 2.73. The summed E-state index contributed by atoms with van der Waals surface area (Å²) in [6.45, 7) is 3.03. The van der Waals surface area contributed by atoms with Crippen LogP contribution in [0, 0.1) is 0 Å². The summed E-state index contributed by atoms with van der Waals surface area (Å²) in [5.74, 6) is 0.111. The van der Waals surface area contributed by atoms with Crippen molar-refractivity contribution >= 4 is 5.91 Å². The molecule has 5 heteroatoms. The third kappa shape index (κ3) is 4.75. The lowest BCUT2D eigenvalue weighted by molar-refractivity contribution is -0.134. The van der Waals surface area contributed by atoms with Gasteiger partial charge in [0.05, 0.1) is 12.2 Å². The molecule has 0 saturated carbocycles. The Hall–Kier alpha value is -0.650. The molecular weight excluding hydrogens is 246 g/mol. The highest BCUT2D eigenvalue weighted by atomic mass is 16.5. The van der Waals surface area contributed by atoms with Crippen LogP contribution < -0.4 is 0 Å². The Morgan fingerprint density at radius 1 is 1.11 bits per heavy atom. The molecule has 0 bridgehead atoms. The lowest BCUT2D eigenvalue weighted by atomic mass is 10.1. The molecule has 0 radical (unpaired) electrons. The Kier molecular flexibility index (Phi) is 6.07. The average molecular weight is 271 g/mol. The second kappa shape index (κ2) is 7.82. The Balaban J connectivity index is 1.84. The van der Waals surface area contributed by atoms with E-state index in [1.54, 1.807) is 0 Å². The van der Waals surface area contributed by atoms with Crippen molar-refractivity contribution in [2.24, 2.45) is 0 Å². The van der Waals surface area contributed by atoms with Crippen LogP contribution in [0.4, 0.5) is 0 Å². The van der Waals surface area contributed by atoms with Crippen LogP contribution in [0.25, 0.3) is 0 Å². The van der Waals surface area contributed by atoms with E-state index in [0.717, 1.165) is 38.9 Å². The Bertz CT molecular complexity index is 255. The fourth-order valence-corrected chi connectivity index (χ4v) is 2.73. The summed E-state index contributed by atoms with van der Waals surface area (Å²) in [5, 5.41) is 8.85. The van der Waals surface area contributed by atoms with Gasteiger partial charge in [-0.3, -0.25) is 4.79 Å². The number of aliphatic hydroxyl groups excluding tert-OH is 1. The van der Waals surface area contributed by atoms with E-state index in [0.29, 0.717) is 25.9 Å². The molecule has 0 aromatic carbocycles. The summed E-state index contributed by atoms with van der Waals surface area (Å²) in [5.41, 5.74) is 0. The molecule has 1 N–H and O–H groups in total. The van der Waals surface area contributed by atoms with E-state index in [-0.39, 0.29) is 24.7 Å². The van der Waals surface area contributed by atoms with Crippen LogP contribution in [0.3, 0.4) is 0 Å². The van der Waals surface area contributed by atoms with Gasteiger partial charge in [-0.15, -0.1) is 0 Å². The molecule has 0 aromatic heterocycles. The van der Waals surface area contributed by atoms with E-state index < -0.39 is 0 Å². The summed E-state index contributed by atoms with van der Waals surface area (Å²) in [6.07, 6.45) is 5.55. The van der Waals surface area contributed by atoms with Crippen molar-refractivity contribution in [1.82, 2.24) is 4.90 Å². The minimum atomic E-state index is 0.0689. The number of ether oxygens (including phenoxy) is 2. The first kappa shape index (κ1) is 14.8. The maximum absolute atomic E-state index is 12.2. The number of nitrogens with zero attached hydrogens (tertiary/aromatic N) is 1. The van der Waals surface area contributed by atoms with E-state index in [1.165, 1.54) is 0 Å². The third-order valence-electron chi connectivity index (χ3n) is 3.80. The largest absolute Gasteiger partial charge is 0.396 e. The molecule has 5 nitrogen and oxygen atoms in total. The topological polar surface area (TPSA) is 59.0 Å². The average Bonchev–Trinajstić information content (AvgIpc) is 3.08. The highest BCUT2D eigenvalue weighted by molar-refractivity contribution is 5.76. The molecule has 19 heavy (non-hydrogen) atoms. The molecule has 2 unspecified atom stereocenters. The van der Waals surface area contributed by atoms with Gasteiger partial charge in [-0.1, -0.05) is 0 Å². The first-order chi connectivity index (χ1) is 9.29. The minimum Gasteiger partial charge on any atom is -0.396 e. The molecule has 0 aromatic rings. The van der Waals surface area contributed by atoms with Crippen molar-refractivity contribution in [2.75, 3.05) is 32.9 Å². The van der Waals surface area contributed by atoms with Gasteiger partial charge in [0.1, 0.15) is 0 Å². The van der Waals surface area contributed by atoms with Crippen LogP contribution in [0.5, 0.6) is 0 Å². The van der Waals surface area contributed by atoms with Gasteiger partial charge in [-0.2, -0.15) is 0 Å². The highest BCUT2D eigenvalue weighted by Gasteiger charge is 2.26. The summed E-state index contributed by atoms with van der Waals surface area (Å²) >= 11 is 0. The molecular formula is C14H25NO4. The fraction of sp³-hybridized carbons (Fsp3) is 0.929. The minimum absolute atomic E-state index is 0.0689. The van der Waals surface area contributed by atoms with Crippen LogP contribution in [-0.4, -0.2) is 61.0 Å². The zero-order valence-corrected chi connectivity index (χ0v) is 11.6. The second-order valence-electron chi connectivity index (χ2n) is 5.40. The highest BCUT2D eigenvalue weighted by Crippen LogP contribution is 2.18. The van der Waals surface area contributed by atoms with Gasteiger partial charge >= 0.3 is 0 Å². The van der Waals surface area contributed by atoms with Crippen LogP contribution in [-0.2, 0) is 14.3 Å². The Morgan fingerprint density at radius 3 is 2.11 bits per heavy atom. The van der Waals surface area contributed by atoms with Gasteiger partial charge in [-0.05, 0) is 32.1 Å². The summed E-state index contributed by atoms with van der Waals surface area (Å²) < 4.78 is 11.2. The van der Waals surface area contributed by atoms with Gasteiger partial charge in [0, 0.05) is 39.3 Å². The normalized spacial score (nSPS) is 26.8. The summed E-state index contributed by atoms with van der Waals surface area (Å²) in [4.78, 5) is 14.1. The molecule has 1 amide bonds. The zero-order valence-electron chi connectivity index (χ0n) is 11.6. The van der Waals surface area contributed by atoms with E-state index >= 15 is 0 Å². The van der Waals surface area contributed by atoms with Crippen molar-refractivity contribution in [1.29, 1.82) is 0 Å². The second-order valence-corrected chi connectivity index (χ2v) is 5.40. The number of carbonyl (C=O) groups is 1. The molecule has 2 aliphatic heterocycles. The van der Waals surface area contributed by atoms with Crippen LogP contribution in [0.1, 0.15) is 38.5 Å². The smallest absolute Gasteiger partial charge is 0.222 e. The van der Waals surface area contributed by atoms with Crippen LogP contribution in [0.15, 0.2) is 0 Å². The molecule has 2 rings (SSSR count). The van der Waals surface area contributed by atoms with Gasteiger partial charge < -0.3 is 19.5 Å². The predicted octanol–water partition coefficient (Wildman–Crippen LogP) is 0.945. The molecule has 2 heterocycles. The van der Waals surface area contributed by atoms with Crippen molar-refractivity contribution in [2.45, 2.75) is 50.7 Å². The Morgan fingerprint density at radius 2 is 1.68 bits per heavy atom. The number of amides is 1. The first-order valence-corrected chi connectivity index (χ1v) is 7.41. The van der Waals surface area contributed by atoms with E-state index in [9.17, 15) is 4.79 Å². The summed E-state index contributed by atoms with van der Waals surface area (Å²) in [6, 6.07) is 0. The maximum atomic E-state index is 12.2.